The molecule has 0 aliphatic rings. The molecule has 0 amide bonds. The fraction of sp³-hybridized carbons (Fsp3) is 0.167. The van der Waals surface area contributed by atoms with Gasteiger partial charge in [-0.2, -0.15) is 10.4 Å². The smallest absolute Gasteiger partial charge is 0.255 e. The third-order valence-corrected chi connectivity index (χ3v) is 4.53. The highest BCUT2D eigenvalue weighted by molar-refractivity contribution is 7.89. The molecule has 0 atom stereocenters. The van der Waals surface area contributed by atoms with E-state index in [1.807, 2.05) is 6.07 Å². The van der Waals surface area contributed by atoms with Gasteiger partial charge in [0.2, 0.25) is 0 Å². The van der Waals surface area contributed by atoms with Gasteiger partial charge in [-0.1, -0.05) is 23.7 Å². The van der Waals surface area contributed by atoms with Crippen molar-refractivity contribution >= 4 is 21.6 Å². The number of nitrogens with one attached hydrogen (secondary N) is 1. The molecule has 0 spiro atoms. The van der Waals surface area contributed by atoms with Crippen molar-refractivity contribution in [3.63, 3.8) is 0 Å². The van der Waals surface area contributed by atoms with Gasteiger partial charge in [0.15, 0.2) is 5.03 Å². The van der Waals surface area contributed by atoms with Crippen LogP contribution in [0, 0.1) is 11.3 Å². The summed E-state index contributed by atoms with van der Waals surface area (Å²) >= 11 is 5.81. The summed E-state index contributed by atoms with van der Waals surface area (Å²) < 4.78 is 27.9. The molecule has 0 aliphatic heterocycles. The van der Waals surface area contributed by atoms with Crippen molar-refractivity contribution < 1.29 is 8.42 Å². The molecule has 2 aromatic rings. The van der Waals surface area contributed by atoms with Crippen molar-refractivity contribution in [3.05, 3.63) is 46.6 Å². The summed E-state index contributed by atoms with van der Waals surface area (Å²) in [6, 6.07) is 8.69. The van der Waals surface area contributed by atoms with Gasteiger partial charge in [-0.3, -0.25) is 4.68 Å². The molecule has 0 aliphatic carbocycles. The van der Waals surface area contributed by atoms with Crippen molar-refractivity contribution in [1.82, 2.24) is 14.5 Å². The van der Waals surface area contributed by atoms with Crippen LogP contribution in [0.3, 0.4) is 0 Å². The molecule has 8 heteroatoms. The predicted molar refractivity (Wildman–Crippen MR) is 73.4 cm³/mol. The minimum Gasteiger partial charge on any atom is -0.255 e. The molecule has 104 valence electrons. The lowest BCUT2D eigenvalue weighted by Gasteiger charge is -2.07. The number of hydrogen-bond donors (Lipinski definition) is 1. The van der Waals surface area contributed by atoms with Crippen molar-refractivity contribution in [2.45, 2.75) is 11.6 Å². The van der Waals surface area contributed by atoms with E-state index in [1.54, 1.807) is 24.3 Å². The highest BCUT2D eigenvalue weighted by Gasteiger charge is 2.22. The minimum atomic E-state index is -3.76. The molecule has 20 heavy (non-hydrogen) atoms. The van der Waals surface area contributed by atoms with Crippen LogP contribution in [0.5, 0.6) is 0 Å². The Hall–Kier alpha value is -1.88. The van der Waals surface area contributed by atoms with Crippen LogP contribution in [0.25, 0.3) is 0 Å². The van der Waals surface area contributed by atoms with E-state index in [-0.39, 0.29) is 16.6 Å². The second kappa shape index (κ2) is 5.63. The maximum Gasteiger partial charge on any atom is 0.259 e. The first kappa shape index (κ1) is 14.5. The van der Waals surface area contributed by atoms with Crippen LogP contribution >= 0.6 is 11.6 Å². The Morgan fingerprint density at radius 2 is 2.25 bits per heavy atom. The van der Waals surface area contributed by atoms with Gasteiger partial charge in [0.25, 0.3) is 10.0 Å². The van der Waals surface area contributed by atoms with Crippen LogP contribution in [-0.4, -0.2) is 18.2 Å². The largest absolute Gasteiger partial charge is 0.259 e. The maximum absolute atomic E-state index is 12.1. The van der Waals surface area contributed by atoms with Crippen LogP contribution in [0.2, 0.25) is 5.02 Å². The van der Waals surface area contributed by atoms with Gasteiger partial charge >= 0.3 is 0 Å². The second-order valence-electron chi connectivity index (χ2n) is 4.06. The number of nitrogens with zero attached hydrogens (tertiary/aromatic N) is 3. The van der Waals surface area contributed by atoms with Gasteiger partial charge in [0.1, 0.15) is 0 Å². The first-order valence-electron chi connectivity index (χ1n) is 5.60. The number of hydrogen-bond acceptors (Lipinski definition) is 4. The van der Waals surface area contributed by atoms with E-state index in [4.69, 9.17) is 16.9 Å². The third kappa shape index (κ3) is 2.99. The zero-order valence-corrected chi connectivity index (χ0v) is 12.1. The number of nitriles is 1. The molecular formula is C12H11ClN4O2S. The first-order chi connectivity index (χ1) is 9.44. The van der Waals surface area contributed by atoms with E-state index in [0.29, 0.717) is 11.1 Å². The van der Waals surface area contributed by atoms with Gasteiger partial charge in [-0.25, -0.2) is 13.1 Å². The van der Waals surface area contributed by atoms with Gasteiger partial charge in [0, 0.05) is 13.6 Å². The predicted octanol–water partition coefficient (Wildman–Crippen LogP) is 1.42. The number of sulfonamides is 1. The normalized spacial score (nSPS) is 11.2. The van der Waals surface area contributed by atoms with E-state index >= 15 is 0 Å². The van der Waals surface area contributed by atoms with Gasteiger partial charge in [-0.15, -0.1) is 0 Å². The Balaban J connectivity index is 2.20. The zero-order chi connectivity index (χ0) is 14.8. The number of aryl methyl sites for hydroxylation is 1. The molecule has 6 nitrogen and oxygen atoms in total. The van der Waals surface area contributed by atoms with Gasteiger partial charge < -0.3 is 0 Å². The number of aromatic nitrogens is 2. The Labute approximate surface area is 121 Å². The molecule has 0 unspecified atom stereocenters. The molecule has 0 saturated carbocycles. The van der Waals surface area contributed by atoms with E-state index in [1.165, 1.54) is 17.9 Å². The molecular weight excluding hydrogens is 300 g/mol. The lowest BCUT2D eigenvalue weighted by molar-refractivity contribution is 0.563. The Kier molecular flexibility index (Phi) is 4.09. The second-order valence-corrected chi connectivity index (χ2v) is 6.15. The van der Waals surface area contributed by atoms with Gasteiger partial charge in [-0.05, 0) is 17.7 Å². The summed E-state index contributed by atoms with van der Waals surface area (Å²) in [6.07, 6.45) is 1.27. The minimum absolute atomic E-state index is 0.0609. The molecule has 2 rings (SSSR count). The summed E-state index contributed by atoms with van der Waals surface area (Å²) in [5, 5.41) is 12.6. The Morgan fingerprint density at radius 1 is 1.50 bits per heavy atom. The maximum atomic E-state index is 12.1. The van der Waals surface area contributed by atoms with Crippen molar-refractivity contribution in [3.8, 4) is 6.07 Å². The Bertz CT molecular complexity index is 757. The van der Waals surface area contributed by atoms with Crippen molar-refractivity contribution in [2.24, 2.45) is 7.05 Å². The fourth-order valence-corrected chi connectivity index (χ4v) is 3.37. The summed E-state index contributed by atoms with van der Waals surface area (Å²) in [5.74, 6) is 0. The topological polar surface area (TPSA) is 87.8 Å². The molecule has 0 fully saturated rings. The van der Waals surface area contributed by atoms with E-state index < -0.39 is 10.0 Å². The molecule has 0 bridgehead atoms. The molecule has 0 saturated heterocycles. The lowest BCUT2D eigenvalue weighted by atomic mass is 10.1. The summed E-state index contributed by atoms with van der Waals surface area (Å²) in [5.41, 5.74) is 1.16. The van der Waals surface area contributed by atoms with Crippen LogP contribution in [0.4, 0.5) is 0 Å². The molecule has 1 N–H and O–H groups in total. The van der Waals surface area contributed by atoms with E-state index in [9.17, 15) is 8.42 Å². The standard InChI is InChI=1S/C12H11ClN4O2S/c1-17-12(11(13)8-15-17)20(18,19)16-7-10-4-2-3-9(5-10)6-14/h2-5,8,16H,7H2,1H3. The summed E-state index contributed by atoms with van der Waals surface area (Å²) in [4.78, 5) is 0. The third-order valence-electron chi connectivity index (χ3n) is 2.62. The monoisotopic (exact) mass is 310 g/mol. The molecule has 1 aromatic carbocycles. The fourth-order valence-electron chi connectivity index (χ4n) is 1.70. The van der Waals surface area contributed by atoms with Gasteiger partial charge in [0.05, 0.1) is 22.9 Å². The number of benzene rings is 1. The zero-order valence-electron chi connectivity index (χ0n) is 10.5. The van der Waals surface area contributed by atoms with E-state index in [2.05, 4.69) is 9.82 Å². The number of halogens is 1. The summed E-state index contributed by atoms with van der Waals surface area (Å²) in [6.45, 7) is 0.0688. The van der Waals surface area contributed by atoms with Crippen LogP contribution in [0.1, 0.15) is 11.1 Å². The average Bonchev–Trinajstić information content (AvgIpc) is 2.77. The van der Waals surface area contributed by atoms with Crippen molar-refractivity contribution in [2.75, 3.05) is 0 Å². The molecule has 1 heterocycles. The van der Waals surface area contributed by atoms with E-state index in [0.717, 1.165) is 0 Å². The highest BCUT2D eigenvalue weighted by Crippen LogP contribution is 2.19. The van der Waals surface area contributed by atoms with Crippen molar-refractivity contribution in [1.29, 1.82) is 5.26 Å². The van der Waals surface area contributed by atoms with Crippen LogP contribution in [0.15, 0.2) is 35.5 Å². The SMILES string of the molecule is Cn1ncc(Cl)c1S(=O)(=O)NCc1cccc(C#N)c1. The summed E-state index contributed by atoms with van der Waals surface area (Å²) in [7, 11) is -2.26. The van der Waals surface area contributed by atoms with Crippen LogP contribution in [-0.2, 0) is 23.6 Å². The number of rotatable bonds is 4. The Morgan fingerprint density at radius 3 is 2.85 bits per heavy atom. The molecule has 1 aromatic heterocycles. The highest BCUT2D eigenvalue weighted by atomic mass is 35.5. The quantitative estimate of drug-likeness (QED) is 0.925. The average molecular weight is 311 g/mol. The lowest BCUT2D eigenvalue weighted by Crippen LogP contribution is -2.25. The molecule has 0 radical (unpaired) electrons. The first-order valence-corrected chi connectivity index (χ1v) is 7.46. The van der Waals surface area contributed by atoms with Crippen LogP contribution < -0.4 is 4.72 Å².